The number of hydrogen-bond acceptors (Lipinski definition) is 9. The Morgan fingerprint density at radius 1 is 1.05 bits per heavy atom. The van der Waals surface area contributed by atoms with E-state index in [0.717, 1.165) is 37.3 Å². The largest absolute Gasteiger partial charge is 0.395 e. The van der Waals surface area contributed by atoms with Crippen LogP contribution in [-0.4, -0.2) is 70.4 Å². The molecule has 0 radical (unpaired) electrons. The number of carbonyl (C=O) groups excluding carboxylic acids is 1. The normalized spacial score (nSPS) is 20.1. The van der Waals surface area contributed by atoms with Crippen molar-refractivity contribution in [2.75, 3.05) is 58.4 Å². The number of hydrogen-bond donors (Lipinski definition) is 3. The molecule has 12 heteroatoms. The lowest BCUT2D eigenvalue weighted by Crippen LogP contribution is -2.40. The maximum Gasteiger partial charge on any atom is 0.278 e. The van der Waals surface area contributed by atoms with Gasteiger partial charge in [-0.1, -0.05) is 11.9 Å². The molecule has 2 aromatic rings. The molecule has 2 aliphatic heterocycles. The molecular weight excluding hydrogens is 500 g/mol. The van der Waals surface area contributed by atoms with Crippen molar-refractivity contribution in [2.45, 2.75) is 51.4 Å². The standard InChI is InChI=1S/C25H33F2N7O2S/c1-17-14-20(34-10-6-25(26,27)7-11-34)30-23(29-17)31-22(36)21-19(15-18(16-28-21)32-37-13-12-35)33-8-4-24(2-3-24)5-9-33/h14-16,32,35H,2-13H2,1H3,(H,29,30,31,36). The van der Waals surface area contributed by atoms with Gasteiger partial charge in [0, 0.05) is 56.5 Å². The van der Waals surface area contributed by atoms with Crippen LogP contribution in [0.25, 0.3) is 0 Å². The molecule has 0 aromatic carbocycles. The van der Waals surface area contributed by atoms with Gasteiger partial charge in [-0.3, -0.25) is 10.1 Å². The fourth-order valence-corrected chi connectivity index (χ4v) is 5.47. The van der Waals surface area contributed by atoms with Gasteiger partial charge < -0.3 is 19.6 Å². The lowest BCUT2D eigenvalue weighted by molar-refractivity contribution is -0.0221. The van der Waals surface area contributed by atoms with Crippen molar-refractivity contribution in [3.05, 3.63) is 29.7 Å². The number of aliphatic hydroxyl groups excluding tert-OH is 1. The number of alkyl halides is 2. The Hall–Kier alpha value is -2.73. The number of pyridine rings is 1. The molecule has 2 saturated heterocycles. The molecule has 1 aliphatic carbocycles. The number of aromatic nitrogens is 3. The minimum absolute atomic E-state index is 0.0605. The first-order chi connectivity index (χ1) is 17.8. The summed E-state index contributed by atoms with van der Waals surface area (Å²) in [6, 6.07) is 3.67. The van der Waals surface area contributed by atoms with E-state index in [2.05, 4.69) is 29.9 Å². The topological polar surface area (TPSA) is 107 Å². The Labute approximate surface area is 219 Å². The van der Waals surface area contributed by atoms with Gasteiger partial charge in [-0.25, -0.2) is 18.7 Å². The smallest absolute Gasteiger partial charge is 0.278 e. The van der Waals surface area contributed by atoms with E-state index in [4.69, 9.17) is 5.11 Å². The van der Waals surface area contributed by atoms with E-state index in [1.54, 1.807) is 24.1 Å². The number of piperidine rings is 2. The number of aliphatic hydroxyl groups is 1. The summed E-state index contributed by atoms with van der Waals surface area (Å²) in [7, 11) is 0. The van der Waals surface area contributed by atoms with Crippen LogP contribution in [-0.2, 0) is 0 Å². The van der Waals surface area contributed by atoms with Crippen LogP contribution in [0, 0.1) is 12.3 Å². The third kappa shape index (κ3) is 6.23. The summed E-state index contributed by atoms with van der Waals surface area (Å²) in [4.78, 5) is 30.8. The quantitative estimate of drug-likeness (QED) is 0.342. The number of nitrogens with one attached hydrogen (secondary N) is 2. The first kappa shape index (κ1) is 25.9. The fraction of sp³-hybridized carbons (Fsp3) is 0.600. The van der Waals surface area contributed by atoms with Gasteiger partial charge in [0.05, 0.1) is 24.2 Å². The molecular formula is C25H33F2N7O2S. The number of halogens is 2. The first-order valence-corrected chi connectivity index (χ1v) is 13.8. The van der Waals surface area contributed by atoms with Crippen LogP contribution in [0.3, 0.4) is 0 Å². The van der Waals surface area contributed by atoms with E-state index in [-0.39, 0.29) is 44.2 Å². The van der Waals surface area contributed by atoms with Crippen molar-refractivity contribution in [2.24, 2.45) is 5.41 Å². The van der Waals surface area contributed by atoms with Crippen LogP contribution in [0.5, 0.6) is 0 Å². The molecule has 3 aliphatic rings. The van der Waals surface area contributed by atoms with Crippen LogP contribution in [0.15, 0.2) is 18.3 Å². The maximum absolute atomic E-state index is 13.6. The van der Waals surface area contributed by atoms with Crippen molar-refractivity contribution >= 4 is 41.0 Å². The predicted octanol–water partition coefficient (Wildman–Crippen LogP) is 4.10. The summed E-state index contributed by atoms with van der Waals surface area (Å²) in [5.74, 6) is -1.88. The van der Waals surface area contributed by atoms with E-state index >= 15 is 0 Å². The molecule has 2 aromatic heterocycles. The van der Waals surface area contributed by atoms with Gasteiger partial charge in [0.25, 0.3) is 11.8 Å². The van der Waals surface area contributed by atoms with E-state index in [9.17, 15) is 13.6 Å². The summed E-state index contributed by atoms with van der Waals surface area (Å²) in [5.41, 5.74) is 2.91. The molecule has 1 amide bonds. The molecule has 3 fully saturated rings. The second-order valence-corrected chi connectivity index (χ2v) is 11.1. The average Bonchev–Trinajstić information content (AvgIpc) is 3.62. The lowest BCUT2D eigenvalue weighted by atomic mass is 9.93. The lowest BCUT2D eigenvalue weighted by Gasteiger charge is -2.34. The third-order valence-corrected chi connectivity index (χ3v) is 8.24. The Balaban J connectivity index is 1.35. The highest BCUT2D eigenvalue weighted by atomic mass is 32.2. The molecule has 9 nitrogen and oxygen atoms in total. The molecule has 3 N–H and O–H groups in total. The first-order valence-electron chi connectivity index (χ1n) is 12.8. The Morgan fingerprint density at radius 2 is 1.76 bits per heavy atom. The van der Waals surface area contributed by atoms with Gasteiger partial charge in [0.1, 0.15) is 5.82 Å². The molecule has 1 saturated carbocycles. The van der Waals surface area contributed by atoms with E-state index in [0.29, 0.717) is 22.7 Å². The molecule has 5 rings (SSSR count). The van der Waals surface area contributed by atoms with Crippen LogP contribution < -0.4 is 19.8 Å². The number of anilines is 4. The highest BCUT2D eigenvalue weighted by molar-refractivity contribution is 8.00. The summed E-state index contributed by atoms with van der Waals surface area (Å²) in [6.07, 6.45) is 5.93. The zero-order valence-electron chi connectivity index (χ0n) is 21.0. The molecule has 1 spiro atoms. The number of nitrogens with zero attached hydrogens (tertiary/aromatic N) is 5. The second kappa shape index (κ2) is 10.6. The van der Waals surface area contributed by atoms with Gasteiger partial charge in [-0.15, -0.1) is 0 Å². The van der Waals surface area contributed by atoms with Crippen LogP contribution in [0.4, 0.5) is 31.9 Å². The molecule has 0 bridgehead atoms. The molecule has 37 heavy (non-hydrogen) atoms. The zero-order valence-corrected chi connectivity index (χ0v) is 21.8. The van der Waals surface area contributed by atoms with Crippen molar-refractivity contribution < 1.29 is 18.7 Å². The maximum atomic E-state index is 13.6. The van der Waals surface area contributed by atoms with Crippen molar-refractivity contribution in [1.82, 2.24) is 15.0 Å². The third-order valence-electron chi connectivity index (χ3n) is 7.47. The monoisotopic (exact) mass is 533 g/mol. The van der Waals surface area contributed by atoms with Crippen LogP contribution >= 0.6 is 11.9 Å². The molecule has 0 atom stereocenters. The summed E-state index contributed by atoms with van der Waals surface area (Å²) in [6.45, 7) is 3.96. The second-order valence-electron chi connectivity index (χ2n) is 10.2. The molecule has 200 valence electrons. The van der Waals surface area contributed by atoms with Crippen molar-refractivity contribution in [3.8, 4) is 0 Å². The summed E-state index contributed by atoms with van der Waals surface area (Å²) >= 11 is 1.37. The van der Waals surface area contributed by atoms with Crippen molar-refractivity contribution in [1.29, 1.82) is 0 Å². The Morgan fingerprint density at radius 3 is 2.43 bits per heavy atom. The number of amides is 1. The summed E-state index contributed by atoms with van der Waals surface area (Å²) < 4.78 is 30.4. The Kier molecular flexibility index (Phi) is 7.39. The van der Waals surface area contributed by atoms with Gasteiger partial charge in [0.15, 0.2) is 5.69 Å². The van der Waals surface area contributed by atoms with Crippen molar-refractivity contribution in [3.63, 3.8) is 0 Å². The highest BCUT2D eigenvalue weighted by Crippen LogP contribution is 2.54. The van der Waals surface area contributed by atoms with Gasteiger partial charge in [-0.2, -0.15) is 4.98 Å². The van der Waals surface area contributed by atoms with E-state index in [1.165, 1.54) is 24.8 Å². The predicted molar refractivity (Wildman–Crippen MR) is 142 cm³/mol. The minimum atomic E-state index is -2.65. The fourth-order valence-electron chi connectivity index (χ4n) is 5.00. The van der Waals surface area contributed by atoms with E-state index in [1.807, 2.05) is 6.07 Å². The zero-order chi connectivity index (χ0) is 26.0. The number of rotatable bonds is 8. The van der Waals surface area contributed by atoms with Gasteiger partial charge in [-0.05, 0) is 44.1 Å². The van der Waals surface area contributed by atoms with Gasteiger partial charge in [0.2, 0.25) is 5.95 Å². The van der Waals surface area contributed by atoms with Crippen LogP contribution in [0.1, 0.15) is 54.7 Å². The number of carbonyl (C=O) groups is 1. The Bertz CT molecular complexity index is 1130. The highest BCUT2D eigenvalue weighted by Gasteiger charge is 2.44. The van der Waals surface area contributed by atoms with Crippen LogP contribution in [0.2, 0.25) is 0 Å². The molecule has 0 unspecified atom stereocenters. The average molecular weight is 534 g/mol. The minimum Gasteiger partial charge on any atom is -0.395 e. The summed E-state index contributed by atoms with van der Waals surface area (Å²) in [5, 5.41) is 11.9. The van der Waals surface area contributed by atoms with E-state index < -0.39 is 11.8 Å². The SMILES string of the molecule is Cc1cc(N2CCC(F)(F)CC2)nc(NC(=O)c2ncc(NSCCO)cc2N2CCC3(CC2)CC3)n1. The van der Waals surface area contributed by atoms with Gasteiger partial charge >= 0.3 is 0 Å². The molecule has 4 heterocycles. The number of aryl methyl sites for hydroxylation is 1.